The minimum Gasteiger partial charge on any atom is -0.394 e. The molecule has 0 aliphatic heterocycles. The number of carbonyl (C=O) groups is 1. The number of hydrogen-bond donors (Lipinski definition) is 5. The highest BCUT2D eigenvalue weighted by Gasteiger charge is 2.33. The number of nitrogens with one attached hydrogen (secondary N) is 1. The van der Waals surface area contributed by atoms with Gasteiger partial charge in [-0.3, -0.25) is 4.79 Å². The van der Waals surface area contributed by atoms with Crippen LogP contribution in [0.2, 0.25) is 0 Å². The molecule has 142 valence electrons. The molecule has 6 nitrogen and oxygen atoms in total. The van der Waals surface area contributed by atoms with E-state index in [1.165, 1.54) is 19.1 Å². The van der Waals surface area contributed by atoms with Crippen LogP contribution in [-0.2, 0) is 4.79 Å². The Labute approximate surface area is 145 Å². The molecule has 5 N–H and O–H groups in total. The van der Waals surface area contributed by atoms with Crippen LogP contribution >= 0.6 is 0 Å². The molecule has 0 spiro atoms. The van der Waals surface area contributed by atoms with Crippen LogP contribution in [0.1, 0.15) is 53.9 Å². The van der Waals surface area contributed by atoms with Crippen molar-refractivity contribution in [3.8, 4) is 0 Å². The first-order chi connectivity index (χ1) is 11.1. The summed E-state index contributed by atoms with van der Waals surface area (Å²) in [5.41, 5.74) is -1.59. The third kappa shape index (κ3) is 7.75. The summed E-state index contributed by atoms with van der Waals surface area (Å²) in [7, 11) is 0. The maximum atomic E-state index is 12.0. The Hall–Kier alpha value is -0.950. The topological polar surface area (TPSA) is 110 Å². The zero-order valence-corrected chi connectivity index (χ0v) is 15.6. The summed E-state index contributed by atoms with van der Waals surface area (Å²) < 4.78 is 0. The zero-order chi connectivity index (χ0) is 18.9. The lowest BCUT2D eigenvalue weighted by Crippen LogP contribution is -2.44. The normalized spacial score (nSPS) is 20.9. The fourth-order valence-electron chi connectivity index (χ4n) is 2.53. The molecule has 0 fully saturated rings. The van der Waals surface area contributed by atoms with Gasteiger partial charge in [0.1, 0.15) is 5.60 Å². The van der Waals surface area contributed by atoms with Crippen LogP contribution in [-0.4, -0.2) is 56.8 Å². The molecule has 0 aliphatic rings. The molecule has 1 amide bonds. The van der Waals surface area contributed by atoms with E-state index in [1.54, 1.807) is 6.92 Å². The molecule has 0 saturated heterocycles. The molecular weight excluding hydrogens is 310 g/mol. The highest BCUT2D eigenvalue weighted by atomic mass is 16.3. The Balaban J connectivity index is 4.76. The molecule has 0 aliphatic carbocycles. The second kappa shape index (κ2) is 10.8. The van der Waals surface area contributed by atoms with E-state index >= 15 is 0 Å². The van der Waals surface area contributed by atoms with Crippen molar-refractivity contribution in [3.63, 3.8) is 0 Å². The average molecular weight is 345 g/mol. The first-order valence-electron chi connectivity index (χ1n) is 8.78. The van der Waals surface area contributed by atoms with Gasteiger partial charge in [-0.25, -0.2) is 0 Å². The molecule has 0 saturated carbocycles. The lowest BCUT2D eigenvalue weighted by atomic mass is 9.85. The van der Waals surface area contributed by atoms with Crippen molar-refractivity contribution < 1.29 is 25.2 Å². The molecule has 0 rings (SSSR count). The predicted octanol–water partition coefficient (Wildman–Crippen LogP) is 0.975. The quantitative estimate of drug-likeness (QED) is 0.359. The van der Waals surface area contributed by atoms with Gasteiger partial charge in [0.15, 0.2) is 0 Å². The van der Waals surface area contributed by atoms with E-state index in [0.717, 1.165) is 6.42 Å². The van der Waals surface area contributed by atoms with Gasteiger partial charge < -0.3 is 25.7 Å². The lowest BCUT2D eigenvalue weighted by molar-refractivity contribution is -0.118. The van der Waals surface area contributed by atoms with Gasteiger partial charge in [-0.1, -0.05) is 34.1 Å². The maximum absolute atomic E-state index is 12.0. The van der Waals surface area contributed by atoms with Gasteiger partial charge in [0.05, 0.1) is 24.9 Å². The zero-order valence-electron chi connectivity index (χ0n) is 15.6. The molecule has 0 aromatic heterocycles. The third-order valence-electron chi connectivity index (χ3n) is 4.68. The fraction of sp³-hybridized carbons (Fsp3) is 0.833. The molecule has 6 heteroatoms. The number of rotatable bonds is 11. The summed E-state index contributed by atoms with van der Waals surface area (Å²) in [5, 5.41) is 42.3. The second-order valence-electron chi connectivity index (χ2n) is 6.96. The Morgan fingerprint density at radius 3 is 2.21 bits per heavy atom. The second-order valence-corrected chi connectivity index (χ2v) is 6.96. The van der Waals surface area contributed by atoms with Crippen molar-refractivity contribution in [2.24, 2.45) is 11.8 Å². The summed E-state index contributed by atoms with van der Waals surface area (Å²) in [6, 6.07) is -0.347. The number of aliphatic hydroxyl groups is 4. The Kier molecular flexibility index (Phi) is 10.4. The van der Waals surface area contributed by atoms with Gasteiger partial charge in [-0.15, -0.1) is 0 Å². The Morgan fingerprint density at radius 2 is 1.75 bits per heavy atom. The van der Waals surface area contributed by atoms with E-state index in [-0.39, 0.29) is 24.5 Å². The van der Waals surface area contributed by atoms with Crippen molar-refractivity contribution in [3.05, 3.63) is 12.2 Å². The summed E-state index contributed by atoms with van der Waals surface area (Å²) >= 11 is 0. The molecule has 0 bridgehead atoms. The SMILES string of the molecule is CCC(O)CC(C)C(O)C(C)(O)C=CC(=O)NC(CO)C(C)CC. The minimum atomic E-state index is -1.59. The first-order valence-corrected chi connectivity index (χ1v) is 8.78. The van der Waals surface area contributed by atoms with E-state index < -0.39 is 23.7 Å². The van der Waals surface area contributed by atoms with Crippen LogP contribution in [0.25, 0.3) is 0 Å². The minimum absolute atomic E-state index is 0.133. The van der Waals surface area contributed by atoms with E-state index in [9.17, 15) is 25.2 Å². The molecule has 6 atom stereocenters. The molecule has 0 aromatic carbocycles. The summed E-state index contributed by atoms with van der Waals surface area (Å²) in [6.45, 7) is 8.78. The van der Waals surface area contributed by atoms with Crippen LogP contribution in [0.4, 0.5) is 0 Å². The molecule has 24 heavy (non-hydrogen) atoms. The van der Waals surface area contributed by atoms with Crippen LogP contribution in [0.5, 0.6) is 0 Å². The van der Waals surface area contributed by atoms with Crippen LogP contribution < -0.4 is 5.32 Å². The highest BCUT2D eigenvalue weighted by Crippen LogP contribution is 2.23. The maximum Gasteiger partial charge on any atom is 0.244 e. The van der Waals surface area contributed by atoms with Crippen LogP contribution in [0.15, 0.2) is 12.2 Å². The lowest BCUT2D eigenvalue weighted by Gasteiger charge is -2.31. The first kappa shape index (κ1) is 23.1. The number of carbonyl (C=O) groups excluding carboxylic acids is 1. The summed E-state index contributed by atoms with van der Waals surface area (Å²) in [4.78, 5) is 12.0. The van der Waals surface area contributed by atoms with Gasteiger partial charge >= 0.3 is 0 Å². The average Bonchev–Trinajstić information content (AvgIpc) is 2.56. The van der Waals surface area contributed by atoms with Gasteiger partial charge in [0.25, 0.3) is 0 Å². The van der Waals surface area contributed by atoms with Gasteiger partial charge in [0.2, 0.25) is 5.91 Å². The Morgan fingerprint density at radius 1 is 1.17 bits per heavy atom. The van der Waals surface area contributed by atoms with Crippen molar-refractivity contribution in [1.29, 1.82) is 0 Å². The third-order valence-corrected chi connectivity index (χ3v) is 4.68. The fourth-order valence-corrected chi connectivity index (χ4v) is 2.53. The summed E-state index contributed by atoms with van der Waals surface area (Å²) in [5.74, 6) is -0.620. The standard InChI is InChI=1S/C18H35NO5/c1-6-12(3)15(11-20)19-16(22)8-9-18(5,24)17(23)13(4)10-14(21)7-2/h8-9,12-15,17,20-21,23-24H,6-7,10-11H2,1-5H3,(H,19,22). The number of amides is 1. The summed E-state index contributed by atoms with van der Waals surface area (Å²) in [6.07, 6.45) is 2.57. The molecule has 0 aromatic rings. The Bertz CT molecular complexity index is 397. The van der Waals surface area contributed by atoms with E-state index in [0.29, 0.717) is 12.8 Å². The van der Waals surface area contributed by atoms with E-state index in [2.05, 4.69) is 5.32 Å². The van der Waals surface area contributed by atoms with Crippen molar-refractivity contribution in [2.75, 3.05) is 6.61 Å². The smallest absolute Gasteiger partial charge is 0.244 e. The monoisotopic (exact) mass is 345 g/mol. The van der Waals surface area contributed by atoms with Crippen molar-refractivity contribution >= 4 is 5.91 Å². The van der Waals surface area contributed by atoms with Gasteiger partial charge in [-0.2, -0.15) is 0 Å². The van der Waals surface area contributed by atoms with E-state index in [1.807, 2.05) is 20.8 Å². The van der Waals surface area contributed by atoms with Crippen LogP contribution in [0.3, 0.4) is 0 Å². The van der Waals surface area contributed by atoms with Crippen molar-refractivity contribution in [2.45, 2.75) is 77.7 Å². The molecular formula is C18H35NO5. The van der Waals surface area contributed by atoms with Crippen molar-refractivity contribution in [1.82, 2.24) is 5.32 Å². The predicted molar refractivity (Wildman–Crippen MR) is 94.3 cm³/mol. The molecule has 0 radical (unpaired) electrons. The van der Waals surface area contributed by atoms with Crippen LogP contribution in [0, 0.1) is 11.8 Å². The van der Waals surface area contributed by atoms with Gasteiger partial charge in [0, 0.05) is 6.08 Å². The molecule has 6 unspecified atom stereocenters. The highest BCUT2D eigenvalue weighted by molar-refractivity contribution is 5.87. The van der Waals surface area contributed by atoms with E-state index in [4.69, 9.17) is 0 Å². The number of hydrogen-bond acceptors (Lipinski definition) is 5. The number of aliphatic hydroxyl groups excluding tert-OH is 3. The van der Waals surface area contributed by atoms with Gasteiger partial charge in [-0.05, 0) is 37.7 Å². The largest absolute Gasteiger partial charge is 0.394 e. The molecule has 0 heterocycles.